The van der Waals surface area contributed by atoms with Gasteiger partial charge in [-0.2, -0.15) is 5.10 Å². The van der Waals surface area contributed by atoms with Crippen molar-refractivity contribution < 1.29 is 9.50 Å². The summed E-state index contributed by atoms with van der Waals surface area (Å²) in [5.74, 6) is -0.486. The van der Waals surface area contributed by atoms with Crippen LogP contribution in [0.3, 0.4) is 0 Å². The van der Waals surface area contributed by atoms with Gasteiger partial charge in [-0.15, -0.1) is 0 Å². The summed E-state index contributed by atoms with van der Waals surface area (Å²) in [5.41, 5.74) is 1.02. The minimum absolute atomic E-state index is 0.0612. The van der Waals surface area contributed by atoms with Crippen molar-refractivity contribution in [1.29, 1.82) is 0 Å². The summed E-state index contributed by atoms with van der Waals surface area (Å²) in [7, 11) is 0. The van der Waals surface area contributed by atoms with E-state index in [0.717, 1.165) is 0 Å². The third kappa shape index (κ3) is 3.05. The molecule has 20 heavy (non-hydrogen) atoms. The molecule has 0 radical (unpaired) electrons. The number of aliphatic hydroxyl groups excluding tert-OH is 1. The van der Waals surface area contributed by atoms with Gasteiger partial charge in [0.25, 0.3) is 0 Å². The van der Waals surface area contributed by atoms with Crippen LogP contribution in [0.5, 0.6) is 0 Å². The highest BCUT2D eigenvalue weighted by molar-refractivity contribution is 9.10. The first kappa shape index (κ1) is 15.5. The predicted molar refractivity (Wildman–Crippen MR) is 80.4 cm³/mol. The molecular weight excluding hydrogens is 347 g/mol. The fraction of sp³-hybridized carbons (Fsp3) is 0.357. The van der Waals surface area contributed by atoms with Crippen molar-refractivity contribution in [3.63, 3.8) is 0 Å². The zero-order valence-corrected chi connectivity index (χ0v) is 13.5. The molecule has 1 heterocycles. The Morgan fingerprint density at radius 2 is 2.15 bits per heavy atom. The lowest BCUT2D eigenvalue weighted by Crippen LogP contribution is -2.14. The van der Waals surface area contributed by atoms with Crippen molar-refractivity contribution in [2.24, 2.45) is 0 Å². The van der Waals surface area contributed by atoms with E-state index in [1.165, 1.54) is 6.07 Å². The number of halogens is 3. The molecule has 0 bridgehead atoms. The molecular formula is C14H15BrClFN2O. The maximum Gasteiger partial charge on any atom is 0.145 e. The summed E-state index contributed by atoms with van der Waals surface area (Å²) < 4.78 is 16.3. The molecule has 0 saturated carbocycles. The van der Waals surface area contributed by atoms with Crippen LogP contribution in [0.25, 0.3) is 0 Å². The first-order valence-corrected chi connectivity index (χ1v) is 7.42. The van der Waals surface area contributed by atoms with E-state index in [-0.39, 0.29) is 17.5 Å². The Morgan fingerprint density at radius 1 is 1.45 bits per heavy atom. The molecule has 2 aromatic rings. The third-order valence-corrected chi connectivity index (χ3v) is 3.94. The van der Waals surface area contributed by atoms with Crippen LogP contribution in [-0.4, -0.2) is 14.9 Å². The number of benzene rings is 1. The first-order chi connectivity index (χ1) is 9.41. The van der Waals surface area contributed by atoms with Crippen molar-refractivity contribution in [2.45, 2.75) is 32.4 Å². The number of hydrogen-bond donors (Lipinski definition) is 1. The lowest BCUT2D eigenvalue weighted by molar-refractivity contribution is 0.162. The van der Waals surface area contributed by atoms with E-state index in [2.05, 4.69) is 21.0 Å². The van der Waals surface area contributed by atoms with Gasteiger partial charge in [-0.05, 0) is 41.4 Å². The average molecular weight is 362 g/mol. The molecule has 1 atom stereocenters. The van der Waals surface area contributed by atoms with E-state index in [1.807, 2.05) is 13.8 Å². The summed E-state index contributed by atoms with van der Waals surface area (Å²) in [6.07, 6.45) is 0.915. The van der Waals surface area contributed by atoms with Crippen molar-refractivity contribution in [3.8, 4) is 0 Å². The van der Waals surface area contributed by atoms with Crippen molar-refractivity contribution in [3.05, 3.63) is 51.0 Å². The second kappa shape index (κ2) is 6.24. The summed E-state index contributed by atoms with van der Waals surface area (Å²) in [6.45, 7) is 3.94. The highest BCUT2D eigenvalue weighted by Gasteiger charge is 2.21. The molecule has 0 aliphatic carbocycles. The minimum Gasteiger partial charge on any atom is -0.386 e. The smallest absolute Gasteiger partial charge is 0.145 e. The minimum atomic E-state index is -0.859. The number of nitrogens with zero attached hydrogens (tertiary/aromatic N) is 2. The second-order valence-corrected chi connectivity index (χ2v) is 6.11. The average Bonchev–Trinajstić information content (AvgIpc) is 2.77. The first-order valence-electron chi connectivity index (χ1n) is 6.25. The fourth-order valence-electron chi connectivity index (χ4n) is 2.09. The van der Waals surface area contributed by atoms with Crippen molar-refractivity contribution in [1.82, 2.24) is 9.78 Å². The fourth-order valence-corrected chi connectivity index (χ4v) is 2.82. The Labute approximate surface area is 130 Å². The van der Waals surface area contributed by atoms with Gasteiger partial charge in [0.05, 0.1) is 21.4 Å². The summed E-state index contributed by atoms with van der Waals surface area (Å²) in [4.78, 5) is 0. The number of aliphatic hydroxyl groups is 1. The van der Waals surface area contributed by atoms with E-state index >= 15 is 0 Å². The Bertz CT molecular complexity index is 615. The third-order valence-electron chi connectivity index (χ3n) is 3.04. The largest absolute Gasteiger partial charge is 0.386 e. The second-order valence-electron chi connectivity index (χ2n) is 4.85. The van der Waals surface area contributed by atoms with Crippen LogP contribution in [0.1, 0.15) is 37.3 Å². The molecule has 0 aliphatic heterocycles. The van der Waals surface area contributed by atoms with Gasteiger partial charge in [0.1, 0.15) is 11.9 Å². The standard InChI is InChI=1S/C14H15BrClFN2O/c1-8(2)19-14(10(15)7-18-19)12(20)6-9-4-3-5-11(16)13(9)17/h3-5,7-8,12,20H,6H2,1-2H3. The predicted octanol–water partition coefficient (Wildman–Crippen LogP) is 4.30. The quantitative estimate of drug-likeness (QED) is 0.882. The van der Waals surface area contributed by atoms with Gasteiger partial charge in [-0.25, -0.2) is 4.39 Å². The molecule has 1 N–H and O–H groups in total. The zero-order valence-electron chi connectivity index (χ0n) is 11.1. The summed E-state index contributed by atoms with van der Waals surface area (Å²) in [5, 5.41) is 14.7. The van der Waals surface area contributed by atoms with Crippen LogP contribution in [0, 0.1) is 5.82 Å². The van der Waals surface area contributed by atoms with Crippen molar-refractivity contribution >= 4 is 27.5 Å². The SMILES string of the molecule is CC(C)n1ncc(Br)c1C(O)Cc1cccc(Cl)c1F. The maximum atomic E-state index is 13.9. The van der Waals surface area contributed by atoms with Gasteiger partial charge < -0.3 is 5.11 Å². The topological polar surface area (TPSA) is 38.0 Å². The molecule has 0 spiro atoms. The molecule has 1 unspecified atom stereocenters. The Kier molecular flexibility index (Phi) is 4.83. The summed E-state index contributed by atoms with van der Waals surface area (Å²) >= 11 is 9.12. The zero-order chi connectivity index (χ0) is 14.9. The molecule has 1 aromatic heterocycles. The molecule has 0 fully saturated rings. The van der Waals surface area contributed by atoms with E-state index in [1.54, 1.807) is 23.0 Å². The number of hydrogen-bond acceptors (Lipinski definition) is 2. The van der Waals surface area contributed by atoms with Gasteiger partial charge >= 0.3 is 0 Å². The molecule has 0 aliphatic rings. The Hall–Kier alpha value is -0.910. The van der Waals surface area contributed by atoms with Crippen LogP contribution in [-0.2, 0) is 6.42 Å². The van der Waals surface area contributed by atoms with Gasteiger partial charge in [-0.1, -0.05) is 23.7 Å². The van der Waals surface area contributed by atoms with Crippen LogP contribution in [0.4, 0.5) is 4.39 Å². The lowest BCUT2D eigenvalue weighted by atomic mass is 10.0. The summed E-state index contributed by atoms with van der Waals surface area (Å²) in [6, 6.07) is 4.88. The molecule has 2 rings (SSSR count). The monoisotopic (exact) mass is 360 g/mol. The van der Waals surface area contributed by atoms with Crippen molar-refractivity contribution in [2.75, 3.05) is 0 Å². The molecule has 0 saturated heterocycles. The van der Waals surface area contributed by atoms with Gasteiger partial charge in [-0.3, -0.25) is 4.68 Å². The molecule has 1 aromatic carbocycles. The van der Waals surface area contributed by atoms with Gasteiger partial charge in [0.2, 0.25) is 0 Å². The van der Waals surface area contributed by atoms with E-state index in [4.69, 9.17) is 11.6 Å². The normalized spacial score (nSPS) is 12.9. The molecule has 108 valence electrons. The highest BCUT2D eigenvalue weighted by Crippen LogP contribution is 2.29. The van der Waals surface area contributed by atoms with E-state index in [9.17, 15) is 9.50 Å². The van der Waals surface area contributed by atoms with Gasteiger partial charge in [0.15, 0.2) is 0 Å². The van der Waals surface area contributed by atoms with Crippen LogP contribution >= 0.6 is 27.5 Å². The van der Waals surface area contributed by atoms with E-state index in [0.29, 0.717) is 15.7 Å². The van der Waals surface area contributed by atoms with E-state index < -0.39 is 11.9 Å². The lowest BCUT2D eigenvalue weighted by Gasteiger charge is -2.17. The number of aromatic nitrogens is 2. The Balaban J connectivity index is 2.31. The molecule has 0 amide bonds. The maximum absolute atomic E-state index is 13.9. The Morgan fingerprint density at radius 3 is 2.80 bits per heavy atom. The molecule has 6 heteroatoms. The van der Waals surface area contributed by atoms with Crippen LogP contribution < -0.4 is 0 Å². The highest BCUT2D eigenvalue weighted by atomic mass is 79.9. The van der Waals surface area contributed by atoms with Gasteiger partial charge in [0, 0.05) is 12.5 Å². The van der Waals surface area contributed by atoms with Crippen LogP contribution in [0.15, 0.2) is 28.9 Å². The number of rotatable bonds is 4. The molecule has 3 nitrogen and oxygen atoms in total. The van der Waals surface area contributed by atoms with Crippen LogP contribution in [0.2, 0.25) is 5.02 Å².